The molecule has 0 saturated heterocycles. The number of aromatic nitrogens is 3. The molecule has 0 saturated carbocycles. The first-order valence-corrected chi connectivity index (χ1v) is 7.20. The van der Waals surface area contributed by atoms with Crippen LogP contribution in [0.4, 0.5) is 0 Å². The summed E-state index contributed by atoms with van der Waals surface area (Å²) < 4.78 is 2.19. The Morgan fingerprint density at radius 3 is 2.76 bits per heavy atom. The first kappa shape index (κ1) is 15.4. The molecular formula is C13H15BrN4O3. The summed E-state index contributed by atoms with van der Waals surface area (Å²) >= 11 is 3.26. The molecule has 8 heteroatoms. The molecule has 2 heterocycles. The quantitative estimate of drug-likeness (QED) is 0.851. The number of carboxylic acids is 1. The maximum absolute atomic E-state index is 12.2. The van der Waals surface area contributed by atoms with E-state index < -0.39 is 17.9 Å². The van der Waals surface area contributed by atoms with Gasteiger partial charge in [0, 0.05) is 12.4 Å². The van der Waals surface area contributed by atoms with E-state index in [1.807, 2.05) is 13.8 Å². The number of carboxylic acid groups (broad SMARTS) is 1. The molecular weight excluding hydrogens is 340 g/mol. The molecule has 0 aliphatic carbocycles. The van der Waals surface area contributed by atoms with Crippen molar-refractivity contribution in [2.45, 2.75) is 26.3 Å². The van der Waals surface area contributed by atoms with Crippen LogP contribution in [-0.2, 0) is 4.79 Å². The average molecular weight is 355 g/mol. The van der Waals surface area contributed by atoms with E-state index in [0.717, 1.165) is 4.47 Å². The summed E-state index contributed by atoms with van der Waals surface area (Å²) in [5.41, 5.74) is 0.627. The number of rotatable bonds is 5. The maximum atomic E-state index is 12.2. The van der Waals surface area contributed by atoms with Gasteiger partial charge in [-0.3, -0.25) is 4.79 Å². The first-order chi connectivity index (χ1) is 9.88. The third-order valence-corrected chi connectivity index (χ3v) is 3.29. The van der Waals surface area contributed by atoms with Gasteiger partial charge in [-0.2, -0.15) is 5.10 Å². The third kappa shape index (κ3) is 3.57. The Kier molecular flexibility index (Phi) is 4.56. The van der Waals surface area contributed by atoms with E-state index in [4.69, 9.17) is 5.11 Å². The van der Waals surface area contributed by atoms with Crippen molar-refractivity contribution in [3.63, 3.8) is 0 Å². The van der Waals surface area contributed by atoms with E-state index in [2.05, 4.69) is 31.3 Å². The standard InChI is InChI=1S/C13H15BrN4O3/c1-7(2)3-10(13(20)21)17-12(19)9-5-16-18-6-8(14)4-15-11(9)18/h4-7,10H,3H2,1-2H3,(H,17,19)(H,20,21). The zero-order valence-electron chi connectivity index (χ0n) is 11.6. The van der Waals surface area contributed by atoms with E-state index in [9.17, 15) is 9.59 Å². The van der Waals surface area contributed by atoms with Crippen LogP contribution in [0.25, 0.3) is 5.65 Å². The minimum atomic E-state index is -1.05. The largest absolute Gasteiger partial charge is 0.480 e. The van der Waals surface area contributed by atoms with Crippen LogP contribution in [-0.4, -0.2) is 37.6 Å². The zero-order chi connectivity index (χ0) is 15.6. The van der Waals surface area contributed by atoms with Crippen LogP contribution in [0, 0.1) is 5.92 Å². The molecule has 0 aliphatic rings. The van der Waals surface area contributed by atoms with Crippen molar-refractivity contribution in [2.24, 2.45) is 5.92 Å². The van der Waals surface area contributed by atoms with Gasteiger partial charge in [0.05, 0.1) is 10.7 Å². The molecule has 1 atom stereocenters. The molecule has 0 spiro atoms. The van der Waals surface area contributed by atoms with Crippen molar-refractivity contribution in [2.75, 3.05) is 0 Å². The smallest absolute Gasteiger partial charge is 0.326 e. The van der Waals surface area contributed by atoms with Crippen LogP contribution in [0.1, 0.15) is 30.6 Å². The Morgan fingerprint density at radius 2 is 2.14 bits per heavy atom. The molecule has 0 radical (unpaired) electrons. The van der Waals surface area contributed by atoms with E-state index in [-0.39, 0.29) is 11.5 Å². The summed E-state index contributed by atoms with van der Waals surface area (Å²) in [6.45, 7) is 3.80. The van der Waals surface area contributed by atoms with Crippen LogP contribution in [0.5, 0.6) is 0 Å². The number of nitrogens with one attached hydrogen (secondary N) is 1. The average Bonchev–Trinajstić information content (AvgIpc) is 2.80. The number of halogens is 1. The SMILES string of the molecule is CC(C)CC(NC(=O)c1cnn2cc(Br)cnc12)C(=O)O. The number of hydrogen-bond donors (Lipinski definition) is 2. The van der Waals surface area contributed by atoms with Crippen molar-refractivity contribution >= 4 is 33.5 Å². The number of carbonyl (C=O) groups is 2. The number of amides is 1. The molecule has 2 aromatic heterocycles. The predicted molar refractivity (Wildman–Crippen MR) is 79.0 cm³/mol. The fourth-order valence-corrected chi connectivity index (χ4v) is 2.24. The fraction of sp³-hybridized carbons (Fsp3) is 0.385. The normalized spacial score (nSPS) is 12.6. The molecule has 1 amide bonds. The number of fused-ring (bicyclic) bond motifs is 1. The van der Waals surface area contributed by atoms with Gasteiger partial charge in [-0.25, -0.2) is 14.3 Å². The lowest BCUT2D eigenvalue weighted by Crippen LogP contribution is -2.41. The second-order valence-corrected chi connectivity index (χ2v) is 6.01. The molecule has 2 rings (SSSR count). The minimum Gasteiger partial charge on any atom is -0.480 e. The van der Waals surface area contributed by atoms with E-state index in [0.29, 0.717) is 12.1 Å². The van der Waals surface area contributed by atoms with Crippen molar-refractivity contribution in [1.82, 2.24) is 19.9 Å². The van der Waals surface area contributed by atoms with Gasteiger partial charge in [-0.1, -0.05) is 13.8 Å². The van der Waals surface area contributed by atoms with Crippen molar-refractivity contribution < 1.29 is 14.7 Å². The molecule has 2 N–H and O–H groups in total. The van der Waals surface area contributed by atoms with E-state index >= 15 is 0 Å². The zero-order valence-corrected chi connectivity index (χ0v) is 13.2. The van der Waals surface area contributed by atoms with E-state index in [1.54, 1.807) is 12.4 Å². The Balaban J connectivity index is 2.23. The topological polar surface area (TPSA) is 96.6 Å². The molecule has 0 bridgehead atoms. The molecule has 1 unspecified atom stereocenters. The van der Waals surface area contributed by atoms with Crippen LogP contribution >= 0.6 is 15.9 Å². The van der Waals surface area contributed by atoms with Crippen molar-refractivity contribution in [3.8, 4) is 0 Å². The van der Waals surface area contributed by atoms with E-state index in [1.165, 1.54) is 10.7 Å². The highest BCUT2D eigenvalue weighted by Gasteiger charge is 2.23. The Labute approximate surface area is 129 Å². The molecule has 7 nitrogen and oxygen atoms in total. The second kappa shape index (κ2) is 6.21. The molecule has 0 aromatic carbocycles. The number of carbonyl (C=O) groups excluding carboxylic acids is 1. The van der Waals surface area contributed by atoms with Crippen molar-refractivity contribution in [1.29, 1.82) is 0 Å². The third-order valence-electron chi connectivity index (χ3n) is 2.88. The summed E-state index contributed by atoms with van der Waals surface area (Å²) in [5.74, 6) is -1.39. The first-order valence-electron chi connectivity index (χ1n) is 6.41. The summed E-state index contributed by atoms with van der Waals surface area (Å²) in [6, 6.07) is -0.928. The lowest BCUT2D eigenvalue weighted by atomic mass is 10.0. The van der Waals surface area contributed by atoms with Gasteiger partial charge in [-0.15, -0.1) is 0 Å². The van der Waals surface area contributed by atoms with Crippen LogP contribution in [0.3, 0.4) is 0 Å². The Morgan fingerprint density at radius 1 is 1.43 bits per heavy atom. The molecule has 0 aliphatic heterocycles. The Bertz CT molecular complexity index is 683. The summed E-state index contributed by atoms with van der Waals surface area (Å²) in [7, 11) is 0. The highest BCUT2D eigenvalue weighted by Crippen LogP contribution is 2.13. The number of nitrogens with zero attached hydrogens (tertiary/aromatic N) is 3. The van der Waals surface area contributed by atoms with Gasteiger partial charge < -0.3 is 10.4 Å². The van der Waals surface area contributed by atoms with Crippen LogP contribution in [0.15, 0.2) is 23.1 Å². The maximum Gasteiger partial charge on any atom is 0.326 e. The van der Waals surface area contributed by atoms with Crippen LogP contribution < -0.4 is 5.32 Å². The second-order valence-electron chi connectivity index (χ2n) is 5.09. The van der Waals surface area contributed by atoms with Gasteiger partial charge in [0.25, 0.3) is 5.91 Å². The summed E-state index contributed by atoms with van der Waals surface area (Å²) in [6.07, 6.45) is 4.95. The fourth-order valence-electron chi connectivity index (χ4n) is 1.94. The number of aliphatic carboxylic acids is 1. The monoisotopic (exact) mass is 354 g/mol. The Hall–Kier alpha value is -1.96. The molecule has 2 aromatic rings. The van der Waals surface area contributed by atoms with Crippen LogP contribution in [0.2, 0.25) is 0 Å². The van der Waals surface area contributed by atoms with Gasteiger partial charge in [0.2, 0.25) is 0 Å². The van der Waals surface area contributed by atoms with Gasteiger partial charge in [0.1, 0.15) is 11.6 Å². The van der Waals surface area contributed by atoms with Gasteiger partial charge in [0.15, 0.2) is 5.65 Å². The van der Waals surface area contributed by atoms with Gasteiger partial charge >= 0.3 is 5.97 Å². The van der Waals surface area contributed by atoms with Crippen molar-refractivity contribution in [3.05, 3.63) is 28.6 Å². The molecule has 21 heavy (non-hydrogen) atoms. The van der Waals surface area contributed by atoms with Gasteiger partial charge in [-0.05, 0) is 28.3 Å². The molecule has 112 valence electrons. The highest BCUT2D eigenvalue weighted by molar-refractivity contribution is 9.10. The number of hydrogen-bond acceptors (Lipinski definition) is 4. The summed E-state index contributed by atoms with van der Waals surface area (Å²) in [4.78, 5) is 27.5. The summed E-state index contributed by atoms with van der Waals surface area (Å²) in [5, 5.41) is 15.7. The minimum absolute atomic E-state index is 0.157. The lowest BCUT2D eigenvalue weighted by molar-refractivity contribution is -0.139. The molecule has 0 fully saturated rings. The lowest BCUT2D eigenvalue weighted by Gasteiger charge is -2.15. The predicted octanol–water partition coefficient (Wildman–Crippen LogP) is 1.72. The highest BCUT2D eigenvalue weighted by atomic mass is 79.9.